The average molecular weight is 252 g/mol. The zero-order chi connectivity index (χ0) is 8.27. The molecule has 0 unspecified atom stereocenters. The van der Waals surface area contributed by atoms with Crippen LogP contribution in [0.5, 0.6) is 0 Å². The zero-order valence-electron chi connectivity index (χ0n) is 5.38. The van der Waals surface area contributed by atoms with Crippen molar-refractivity contribution in [3.8, 4) is 0 Å². The molecule has 0 aromatic carbocycles. The van der Waals surface area contributed by atoms with Gasteiger partial charge in [0.25, 0.3) is 0 Å². The third-order valence-electron chi connectivity index (χ3n) is 0.966. The molecule has 11 heavy (non-hydrogen) atoms. The quantitative estimate of drug-likeness (QED) is 0.582. The number of rotatable bonds is 2. The molecule has 1 nitrogen and oxygen atoms in total. The van der Waals surface area contributed by atoms with Gasteiger partial charge in [0.15, 0.2) is 0 Å². The van der Waals surface area contributed by atoms with Crippen LogP contribution >= 0.6 is 38.9 Å². The lowest BCUT2D eigenvalue weighted by molar-refractivity contribution is -0.107. The van der Waals surface area contributed by atoms with Gasteiger partial charge in [0.1, 0.15) is 0 Å². The van der Waals surface area contributed by atoms with Crippen molar-refractivity contribution in [1.82, 2.24) is 0 Å². The second-order valence-corrected chi connectivity index (χ2v) is 4.04. The van der Waals surface area contributed by atoms with Crippen LogP contribution < -0.4 is 0 Å². The van der Waals surface area contributed by atoms with Gasteiger partial charge in [-0.3, -0.25) is 4.79 Å². The second-order valence-electron chi connectivity index (χ2n) is 1.80. The fraction of sp³-hybridized carbons (Fsp3) is 0. The van der Waals surface area contributed by atoms with Gasteiger partial charge in [0.2, 0.25) is 5.24 Å². The van der Waals surface area contributed by atoms with Crippen LogP contribution in [0, 0.1) is 0 Å². The van der Waals surface area contributed by atoms with Crippen molar-refractivity contribution in [2.75, 3.05) is 0 Å². The summed E-state index contributed by atoms with van der Waals surface area (Å²) in [6.07, 6.45) is 3.02. The fourth-order valence-corrected chi connectivity index (χ4v) is 1.96. The Balaban J connectivity index is 2.71. The van der Waals surface area contributed by atoms with Crippen LogP contribution in [0.25, 0.3) is 6.08 Å². The molecule has 0 aliphatic rings. The summed E-state index contributed by atoms with van der Waals surface area (Å²) in [5.41, 5.74) is 0. The Kier molecular flexibility index (Phi) is 3.30. The molecular formula is C7H4BrClOS. The largest absolute Gasteiger partial charge is 0.276 e. The second kappa shape index (κ2) is 4.04. The maximum atomic E-state index is 10.3. The highest BCUT2D eigenvalue weighted by molar-refractivity contribution is 9.10. The maximum Gasteiger partial charge on any atom is 0.245 e. The molecule has 0 aliphatic heterocycles. The van der Waals surface area contributed by atoms with Gasteiger partial charge in [0, 0.05) is 14.7 Å². The van der Waals surface area contributed by atoms with Crippen molar-refractivity contribution < 1.29 is 4.79 Å². The van der Waals surface area contributed by atoms with E-state index in [1.54, 1.807) is 17.4 Å². The molecule has 0 saturated heterocycles. The summed E-state index contributed by atoms with van der Waals surface area (Å²) >= 11 is 9.95. The molecular weight excluding hydrogens is 247 g/mol. The first-order valence-electron chi connectivity index (χ1n) is 2.80. The smallest absolute Gasteiger partial charge is 0.245 e. The lowest BCUT2D eigenvalue weighted by atomic mass is 10.4. The Morgan fingerprint density at radius 1 is 1.73 bits per heavy atom. The first-order chi connectivity index (χ1) is 5.18. The minimum atomic E-state index is -0.450. The van der Waals surface area contributed by atoms with E-state index in [-0.39, 0.29) is 0 Å². The number of carbonyl (C=O) groups excluding carboxylic acids is 1. The Morgan fingerprint density at radius 3 is 2.91 bits per heavy atom. The van der Waals surface area contributed by atoms with Crippen molar-refractivity contribution in [1.29, 1.82) is 0 Å². The number of allylic oxidation sites excluding steroid dienone is 1. The Labute approximate surface area is 81.8 Å². The summed E-state index contributed by atoms with van der Waals surface area (Å²) in [5, 5.41) is 1.49. The van der Waals surface area contributed by atoms with Gasteiger partial charge in [-0.15, -0.1) is 11.3 Å². The standard InChI is InChI=1S/C7H4BrClOS/c8-5-3-6(11-4-5)1-2-7(9)10/h1-4H/b2-1+. The van der Waals surface area contributed by atoms with E-state index in [1.165, 1.54) is 6.08 Å². The van der Waals surface area contributed by atoms with Crippen molar-refractivity contribution in [3.63, 3.8) is 0 Å². The van der Waals surface area contributed by atoms with E-state index in [0.29, 0.717) is 0 Å². The van der Waals surface area contributed by atoms with Crippen molar-refractivity contribution in [2.45, 2.75) is 0 Å². The van der Waals surface area contributed by atoms with Crippen molar-refractivity contribution >= 4 is 50.2 Å². The Hall–Kier alpha value is -0.120. The third-order valence-corrected chi connectivity index (χ3v) is 2.75. The molecule has 0 fully saturated rings. The summed E-state index contributed by atoms with van der Waals surface area (Å²) in [4.78, 5) is 11.3. The van der Waals surface area contributed by atoms with Gasteiger partial charge in [-0.25, -0.2) is 0 Å². The van der Waals surface area contributed by atoms with Gasteiger partial charge in [-0.1, -0.05) is 0 Å². The van der Waals surface area contributed by atoms with E-state index in [9.17, 15) is 4.79 Å². The summed E-state index contributed by atoms with van der Waals surface area (Å²) in [5.74, 6) is 0. The van der Waals surface area contributed by atoms with E-state index in [2.05, 4.69) is 15.9 Å². The normalized spacial score (nSPS) is 10.7. The monoisotopic (exact) mass is 250 g/mol. The molecule has 1 rings (SSSR count). The lowest BCUT2D eigenvalue weighted by Crippen LogP contribution is -1.72. The predicted octanol–water partition coefficient (Wildman–Crippen LogP) is 3.29. The van der Waals surface area contributed by atoms with Gasteiger partial charge in [0.05, 0.1) is 0 Å². The van der Waals surface area contributed by atoms with Crippen LogP contribution in [-0.2, 0) is 4.79 Å². The molecule has 0 saturated carbocycles. The van der Waals surface area contributed by atoms with Crippen LogP contribution in [0.2, 0.25) is 0 Å². The minimum Gasteiger partial charge on any atom is -0.276 e. The molecule has 0 amide bonds. The van der Waals surface area contributed by atoms with Crippen LogP contribution in [0.1, 0.15) is 4.88 Å². The molecule has 1 aromatic heterocycles. The third kappa shape index (κ3) is 3.18. The molecule has 0 aliphatic carbocycles. The van der Waals surface area contributed by atoms with Gasteiger partial charge in [-0.2, -0.15) is 0 Å². The van der Waals surface area contributed by atoms with Crippen LogP contribution in [-0.4, -0.2) is 5.24 Å². The van der Waals surface area contributed by atoms with E-state index in [0.717, 1.165) is 9.35 Å². The topological polar surface area (TPSA) is 17.1 Å². The zero-order valence-corrected chi connectivity index (χ0v) is 8.54. The summed E-state index contributed by atoms with van der Waals surface area (Å²) < 4.78 is 1.02. The highest BCUT2D eigenvalue weighted by atomic mass is 79.9. The number of hydrogen-bond donors (Lipinski definition) is 0. The van der Waals surface area contributed by atoms with E-state index < -0.39 is 5.24 Å². The number of halogens is 2. The molecule has 0 bridgehead atoms. The van der Waals surface area contributed by atoms with Crippen molar-refractivity contribution in [2.24, 2.45) is 0 Å². The van der Waals surface area contributed by atoms with E-state index in [4.69, 9.17) is 11.6 Å². The van der Waals surface area contributed by atoms with Gasteiger partial charge in [-0.05, 0) is 45.7 Å². The first-order valence-corrected chi connectivity index (χ1v) is 4.85. The van der Waals surface area contributed by atoms with Crippen LogP contribution in [0.4, 0.5) is 0 Å². The fourth-order valence-electron chi connectivity index (χ4n) is 0.563. The Morgan fingerprint density at radius 2 is 2.45 bits per heavy atom. The molecule has 0 atom stereocenters. The minimum absolute atomic E-state index is 0.450. The molecule has 58 valence electrons. The molecule has 1 aromatic rings. The summed E-state index contributed by atoms with van der Waals surface area (Å²) in [7, 11) is 0. The van der Waals surface area contributed by atoms with Crippen LogP contribution in [0.3, 0.4) is 0 Å². The van der Waals surface area contributed by atoms with Gasteiger partial charge < -0.3 is 0 Å². The molecule has 0 radical (unpaired) electrons. The first kappa shape index (κ1) is 8.97. The summed E-state index contributed by atoms with van der Waals surface area (Å²) in [6.45, 7) is 0. The van der Waals surface area contributed by atoms with E-state index >= 15 is 0 Å². The highest BCUT2D eigenvalue weighted by Crippen LogP contribution is 2.20. The average Bonchev–Trinajstić information content (AvgIpc) is 2.31. The SMILES string of the molecule is O=C(Cl)/C=C/c1cc(Br)cs1. The Bertz CT molecular complexity index is 292. The van der Waals surface area contributed by atoms with Crippen LogP contribution in [0.15, 0.2) is 22.0 Å². The summed E-state index contributed by atoms with van der Waals surface area (Å²) in [6, 6.07) is 1.92. The molecule has 0 N–H and O–H groups in total. The number of thiophene rings is 1. The lowest BCUT2D eigenvalue weighted by Gasteiger charge is -1.78. The predicted molar refractivity (Wildman–Crippen MR) is 51.9 cm³/mol. The highest BCUT2D eigenvalue weighted by Gasteiger charge is 1.92. The molecule has 0 spiro atoms. The maximum absolute atomic E-state index is 10.3. The molecule has 1 heterocycles. The molecule has 4 heteroatoms. The number of hydrogen-bond acceptors (Lipinski definition) is 2. The number of carbonyl (C=O) groups is 1. The van der Waals surface area contributed by atoms with Gasteiger partial charge >= 0.3 is 0 Å². The van der Waals surface area contributed by atoms with Crippen molar-refractivity contribution in [3.05, 3.63) is 26.9 Å². The van der Waals surface area contributed by atoms with E-state index in [1.807, 2.05) is 11.4 Å².